The molecule has 0 N–H and O–H groups in total. The fourth-order valence-corrected chi connectivity index (χ4v) is 2.30. The number of hydrogen-bond acceptors (Lipinski definition) is 2. The third-order valence-corrected chi connectivity index (χ3v) is 3.65. The van der Waals surface area contributed by atoms with Gasteiger partial charge in [-0.25, -0.2) is 4.39 Å². The standard InChI is InChI=1S/C16H14BrFO2/c1-10-3-6-14(11(2)19)16(7-10)20-9-12-4-5-13(18)8-15(12)17/h3-8H,9H2,1-2H3. The molecule has 0 amide bonds. The van der Waals surface area contributed by atoms with Crippen molar-refractivity contribution >= 4 is 21.7 Å². The quantitative estimate of drug-likeness (QED) is 0.758. The molecular formula is C16H14BrFO2. The van der Waals surface area contributed by atoms with Crippen LogP contribution in [-0.2, 0) is 6.61 Å². The molecule has 0 bridgehead atoms. The van der Waals surface area contributed by atoms with E-state index in [-0.39, 0.29) is 18.2 Å². The molecule has 0 atom stereocenters. The second-order valence-corrected chi connectivity index (χ2v) is 5.43. The number of aryl methyl sites for hydroxylation is 1. The van der Waals surface area contributed by atoms with E-state index in [9.17, 15) is 9.18 Å². The van der Waals surface area contributed by atoms with Crippen LogP contribution in [0, 0.1) is 12.7 Å². The summed E-state index contributed by atoms with van der Waals surface area (Å²) in [7, 11) is 0. The van der Waals surface area contributed by atoms with Crippen molar-refractivity contribution in [2.45, 2.75) is 20.5 Å². The van der Waals surface area contributed by atoms with Gasteiger partial charge in [0.05, 0.1) is 5.56 Å². The Kier molecular flexibility index (Phi) is 4.55. The van der Waals surface area contributed by atoms with Crippen molar-refractivity contribution in [3.63, 3.8) is 0 Å². The minimum Gasteiger partial charge on any atom is -0.488 e. The summed E-state index contributed by atoms with van der Waals surface area (Å²) in [4.78, 5) is 11.6. The predicted octanol–water partition coefficient (Wildman–Crippen LogP) is 4.68. The van der Waals surface area contributed by atoms with Crippen LogP contribution in [0.15, 0.2) is 40.9 Å². The van der Waals surface area contributed by atoms with Crippen molar-refractivity contribution < 1.29 is 13.9 Å². The Morgan fingerprint density at radius 2 is 2.00 bits per heavy atom. The van der Waals surface area contributed by atoms with Crippen LogP contribution in [0.2, 0.25) is 0 Å². The van der Waals surface area contributed by atoms with Gasteiger partial charge in [0.2, 0.25) is 0 Å². The van der Waals surface area contributed by atoms with Gasteiger partial charge >= 0.3 is 0 Å². The summed E-state index contributed by atoms with van der Waals surface area (Å²) >= 11 is 3.30. The van der Waals surface area contributed by atoms with Gasteiger partial charge in [-0.05, 0) is 43.7 Å². The predicted molar refractivity (Wildman–Crippen MR) is 79.6 cm³/mol. The van der Waals surface area contributed by atoms with Crippen LogP contribution in [0.25, 0.3) is 0 Å². The second-order valence-electron chi connectivity index (χ2n) is 4.58. The molecule has 0 radical (unpaired) electrons. The maximum Gasteiger partial charge on any atom is 0.163 e. The van der Waals surface area contributed by atoms with E-state index < -0.39 is 0 Å². The highest BCUT2D eigenvalue weighted by atomic mass is 79.9. The van der Waals surface area contributed by atoms with Crippen molar-refractivity contribution in [1.82, 2.24) is 0 Å². The van der Waals surface area contributed by atoms with Crippen LogP contribution < -0.4 is 4.74 Å². The highest BCUT2D eigenvalue weighted by Crippen LogP contribution is 2.24. The van der Waals surface area contributed by atoms with Gasteiger partial charge in [0.25, 0.3) is 0 Å². The summed E-state index contributed by atoms with van der Waals surface area (Å²) in [5.74, 6) is 0.201. The summed E-state index contributed by atoms with van der Waals surface area (Å²) in [6.07, 6.45) is 0. The molecule has 0 spiro atoms. The average Bonchev–Trinajstić information content (AvgIpc) is 2.37. The van der Waals surface area contributed by atoms with Gasteiger partial charge in [-0.1, -0.05) is 28.1 Å². The largest absolute Gasteiger partial charge is 0.488 e. The van der Waals surface area contributed by atoms with E-state index in [0.717, 1.165) is 11.1 Å². The third kappa shape index (κ3) is 3.45. The van der Waals surface area contributed by atoms with Crippen molar-refractivity contribution in [1.29, 1.82) is 0 Å². The SMILES string of the molecule is CC(=O)c1ccc(C)cc1OCc1ccc(F)cc1Br. The van der Waals surface area contributed by atoms with Crippen molar-refractivity contribution in [3.8, 4) is 5.75 Å². The van der Waals surface area contributed by atoms with E-state index in [1.54, 1.807) is 12.1 Å². The van der Waals surface area contributed by atoms with Gasteiger partial charge in [-0.15, -0.1) is 0 Å². The first-order valence-electron chi connectivity index (χ1n) is 6.15. The van der Waals surface area contributed by atoms with Crippen LogP contribution >= 0.6 is 15.9 Å². The van der Waals surface area contributed by atoms with Crippen molar-refractivity contribution in [2.24, 2.45) is 0 Å². The Morgan fingerprint density at radius 3 is 2.65 bits per heavy atom. The zero-order valence-electron chi connectivity index (χ0n) is 11.2. The smallest absolute Gasteiger partial charge is 0.163 e. The lowest BCUT2D eigenvalue weighted by molar-refractivity contribution is 0.101. The molecule has 0 heterocycles. The lowest BCUT2D eigenvalue weighted by atomic mass is 10.1. The Balaban J connectivity index is 2.22. The molecule has 0 fully saturated rings. The number of Topliss-reactive ketones (excluding diaryl/α,β-unsaturated/α-hetero) is 1. The fourth-order valence-electron chi connectivity index (χ4n) is 1.83. The van der Waals surface area contributed by atoms with Gasteiger partial charge in [0.15, 0.2) is 5.78 Å². The molecule has 2 aromatic carbocycles. The Morgan fingerprint density at radius 1 is 1.25 bits per heavy atom. The minimum atomic E-state index is -0.305. The molecule has 2 nitrogen and oxygen atoms in total. The average molecular weight is 337 g/mol. The number of ketones is 1. The summed E-state index contributed by atoms with van der Waals surface area (Å²) in [6, 6.07) is 9.88. The lowest BCUT2D eigenvalue weighted by Gasteiger charge is -2.12. The van der Waals surface area contributed by atoms with Gasteiger partial charge < -0.3 is 4.74 Å². The van der Waals surface area contributed by atoms with Crippen LogP contribution in [0.5, 0.6) is 5.75 Å². The van der Waals surface area contributed by atoms with E-state index in [1.807, 2.05) is 19.1 Å². The van der Waals surface area contributed by atoms with Crippen LogP contribution in [0.3, 0.4) is 0 Å². The Labute approximate surface area is 125 Å². The summed E-state index contributed by atoms with van der Waals surface area (Å²) in [6.45, 7) is 3.71. The lowest BCUT2D eigenvalue weighted by Crippen LogP contribution is -2.02. The summed E-state index contributed by atoms with van der Waals surface area (Å²) in [5, 5.41) is 0. The van der Waals surface area contributed by atoms with Gasteiger partial charge in [-0.3, -0.25) is 4.79 Å². The molecule has 104 valence electrons. The molecule has 2 aromatic rings. The first kappa shape index (κ1) is 14.7. The normalized spacial score (nSPS) is 10.4. The maximum atomic E-state index is 13.0. The second kappa shape index (κ2) is 6.18. The van der Waals surface area contributed by atoms with E-state index >= 15 is 0 Å². The number of ether oxygens (including phenoxy) is 1. The number of carbonyl (C=O) groups is 1. The summed E-state index contributed by atoms with van der Waals surface area (Å²) in [5.41, 5.74) is 2.39. The molecule has 0 saturated heterocycles. The molecule has 2 rings (SSSR count). The number of benzene rings is 2. The first-order chi connectivity index (χ1) is 9.47. The molecule has 0 saturated carbocycles. The number of halogens is 2. The summed E-state index contributed by atoms with van der Waals surface area (Å²) < 4.78 is 19.4. The topological polar surface area (TPSA) is 26.3 Å². The van der Waals surface area contributed by atoms with Crippen LogP contribution in [-0.4, -0.2) is 5.78 Å². The highest BCUT2D eigenvalue weighted by Gasteiger charge is 2.10. The molecule has 0 aliphatic heterocycles. The molecule has 0 aliphatic carbocycles. The van der Waals surface area contributed by atoms with E-state index in [1.165, 1.54) is 19.1 Å². The van der Waals surface area contributed by atoms with Gasteiger partial charge in [0.1, 0.15) is 18.2 Å². The van der Waals surface area contributed by atoms with Gasteiger partial charge in [-0.2, -0.15) is 0 Å². The Hall–Kier alpha value is -1.68. The number of rotatable bonds is 4. The van der Waals surface area contributed by atoms with Gasteiger partial charge in [0, 0.05) is 10.0 Å². The van der Waals surface area contributed by atoms with Crippen LogP contribution in [0.1, 0.15) is 28.4 Å². The minimum absolute atomic E-state index is 0.0434. The molecule has 20 heavy (non-hydrogen) atoms. The molecular weight excluding hydrogens is 323 g/mol. The van der Waals surface area contributed by atoms with Crippen LogP contribution in [0.4, 0.5) is 4.39 Å². The van der Waals surface area contributed by atoms with Crippen molar-refractivity contribution in [3.05, 3.63) is 63.4 Å². The third-order valence-electron chi connectivity index (χ3n) is 2.91. The molecule has 4 heteroatoms. The van der Waals surface area contributed by atoms with E-state index in [4.69, 9.17) is 4.74 Å². The molecule has 0 unspecified atom stereocenters. The highest BCUT2D eigenvalue weighted by molar-refractivity contribution is 9.10. The zero-order valence-corrected chi connectivity index (χ0v) is 12.8. The maximum absolute atomic E-state index is 13.0. The van der Waals surface area contributed by atoms with E-state index in [2.05, 4.69) is 15.9 Å². The van der Waals surface area contributed by atoms with Crippen molar-refractivity contribution in [2.75, 3.05) is 0 Å². The number of hydrogen-bond donors (Lipinski definition) is 0. The first-order valence-corrected chi connectivity index (χ1v) is 6.95. The van der Waals surface area contributed by atoms with E-state index in [0.29, 0.717) is 15.8 Å². The molecule has 0 aliphatic rings. The monoisotopic (exact) mass is 336 g/mol. The number of carbonyl (C=O) groups excluding carboxylic acids is 1. The zero-order chi connectivity index (χ0) is 14.7. The fraction of sp³-hybridized carbons (Fsp3) is 0.188. The Bertz CT molecular complexity index is 653. The molecule has 0 aromatic heterocycles.